The van der Waals surface area contributed by atoms with Crippen LogP contribution in [0.2, 0.25) is 0 Å². The molecule has 1 heterocycles. The lowest BCUT2D eigenvalue weighted by atomic mass is 10.2. The quantitative estimate of drug-likeness (QED) is 0.853. The van der Waals surface area contributed by atoms with E-state index in [1.807, 2.05) is 0 Å². The zero-order chi connectivity index (χ0) is 14.7. The molecule has 0 unspecified atom stereocenters. The summed E-state index contributed by atoms with van der Waals surface area (Å²) in [6.45, 7) is 3.07. The predicted octanol–water partition coefficient (Wildman–Crippen LogP) is 4.80. The van der Waals surface area contributed by atoms with Gasteiger partial charge in [0.05, 0.1) is 4.47 Å². The van der Waals surface area contributed by atoms with E-state index < -0.39 is 0 Å². The van der Waals surface area contributed by atoms with Gasteiger partial charge in [0, 0.05) is 31.0 Å². The summed E-state index contributed by atoms with van der Waals surface area (Å²) in [6.07, 6.45) is 2.59. The lowest BCUT2D eigenvalue weighted by Gasteiger charge is -2.17. The van der Waals surface area contributed by atoms with Gasteiger partial charge in [0.15, 0.2) is 0 Å². The molecule has 0 aromatic heterocycles. The largest absolute Gasteiger partial charge is 0.381 e. The molecule has 0 bridgehead atoms. The van der Waals surface area contributed by atoms with Crippen molar-refractivity contribution in [2.24, 2.45) is 0 Å². The van der Waals surface area contributed by atoms with Crippen molar-refractivity contribution in [3.63, 3.8) is 0 Å². The summed E-state index contributed by atoms with van der Waals surface area (Å²) in [6, 6.07) is 13.6. The standard InChI is InChI=1S/C17H18BrFN2/c18-16-11-14(5-8-17(16)19)20-12-13-3-6-15(7-4-13)21-9-1-2-10-21/h3-8,11,20H,1-2,9-10,12H2. The van der Waals surface area contributed by atoms with Crippen LogP contribution in [0.3, 0.4) is 0 Å². The van der Waals surface area contributed by atoms with E-state index in [9.17, 15) is 4.39 Å². The van der Waals surface area contributed by atoms with E-state index in [-0.39, 0.29) is 5.82 Å². The Kier molecular flexibility index (Phi) is 4.44. The molecule has 2 aromatic rings. The Balaban J connectivity index is 1.61. The van der Waals surface area contributed by atoms with Crippen molar-refractivity contribution in [1.82, 2.24) is 0 Å². The van der Waals surface area contributed by atoms with E-state index in [2.05, 4.69) is 50.4 Å². The van der Waals surface area contributed by atoms with Gasteiger partial charge in [0.2, 0.25) is 0 Å². The van der Waals surface area contributed by atoms with Crippen LogP contribution in [0, 0.1) is 5.82 Å². The second kappa shape index (κ2) is 6.48. The molecule has 1 N–H and O–H groups in total. The van der Waals surface area contributed by atoms with Crippen molar-refractivity contribution in [1.29, 1.82) is 0 Å². The number of nitrogens with one attached hydrogen (secondary N) is 1. The zero-order valence-corrected chi connectivity index (χ0v) is 13.4. The van der Waals surface area contributed by atoms with Gasteiger partial charge in [-0.05, 0) is 64.7 Å². The Morgan fingerprint density at radius 1 is 1.05 bits per heavy atom. The number of rotatable bonds is 4. The van der Waals surface area contributed by atoms with Crippen LogP contribution in [-0.4, -0.2) is 13.1 Å². The number of hydrogen-bond acceptors (Lipinski definition) is 2. The molecule has 2 nitrogen and oxygen atoms in total. The monoisotopic (exact) mass is 348 g/mol. The summed E-state index contributed by atoms with van der Waals surface area (Å²) in [5.74, 6) is -0.240. The molecule has 4 heteroatoms. The maximum atomic E-state index is 13.2. The Hall–Kier alpha value is -1.55. The van der Waals surface area contributed by atoms with Crippen LogP contribution in [0.25, 0.3) is 0 Å². The fourth-order valence-electron chi connectivity index (χ4n) is 2.61. The highest BCUT2D eigenvalue weighted by atomic mass is 79.9. The van der Waals surface area contributed by atoms with Gasteiger partial charge in [0.25, 0.3) is 0 Å². The second-order valence-electron chi connectivity index (χ2n) is 5.34. The van der Waals surface area contributed by atoms with Gasteiger partial charge in [-0.25, -0.2) is 4.39 Å². The first-order valence-corrected chi connectivity index (χ1v) is 8.04. The fourth-order valence-corrected chi connectivity index (χ4v) is 2.99. The molecule has 0 amide bonds. The van der Waals surface area contributed by atoms with Crippen molar-refractivity contribution >= 4 is 27.3 Å². The Morgan fingerprint density at radius 3 is 2.43 bits per heavy atom. The van der Waals surface area contributed by atoms with Gasteiger partial charge >= 0.3 is 0 Å². The molecule has 0 radical (unpaired) electrons. The third-order valence-electron chi connectivity index (χ3n) is 3.82. The minimum absolute atomic E-state index is 0.240. The Bertz CT molecular complexity index is 607. The topological polar surface area (TPSA) is 15.3 Å². The maximum Gasteiger partial charge on any atom is 0.137 e. The van der Waals surface area contributed by atoms with E-state index >= 15 is 0 Å². The van der Waals surface area contributed by atoms with Crippen molar-refractivity contribution in [3.8, 4) is 0 Å². The van der Waals surface area contributed by atoms with Crippen LogP contribution in [0.4, 0.5) is 15.8 Å². The molecule has 0 saturated carbocycles. The third-order valence-corrected chi connectivity index (χ3v) is 4.43. The molecule has 1 aliphatic rings. The summed E-state index contributed by atoms with van der Waals surface area (Å²) in [4.78, 5) is 2.42. The molecule has 1 fully saturated rings. The maximum absolute atomic E-state index is 13.2. The predicted molar refractivity (Wildman–Crippen MR) is 89.3 cm³/mol. The molecule has 3 rings (SSSR count). The van der Waals surface area contributed by atoms with Gasteiger partial charge in [-0.15, -0.1) is 0 Å². The average Bonchev–Trinajstić information content (AvgIpc) is 3.03. The van der Waals surface area contributed by atoms with Gasteiger partial charge < -0.3 is 10.2 Å². The highest BCUT2D eigenvalue weighted by molar-refractivity contribution is 9.10. The molecular formula is C17H18BrFN2. The molecule has 2 aromatic carbocycles. The SMILES string of the molecule is Fc1ccc(NCc2ccc(N3CCCC3)cc2)cc1Br. The first kappa shape index (κ1) is 14.4. The van der Waals surface area contributed by atoms with E-state index in [1.165, 1.54) is 43.2 Å². The number of benzene rings is 2. The number of nitrogens with zero attached hydrogens (tertiary/aromatic N) is 1. The highest BCUT2D eigenvalue weighted by Gasteiger charge is 2.11. The minimum Gasteiger partial charge on any atom is -0.381 e. The van der Waals surface area contributed by atoms with E-state index in [1.54, 1.807) is 12.1 Å². The minimum atomic E-state index is -0.240. The van der Waals surface area contributed by atoms with Crippen LogP contribution in [-0.2, 0) is 6.54 Å². The summed E-state index contributed by atoms with van der Waals surface area (Å²) in [5.41, 5.74) is 3.44. The first-order chi connectivity index (χ1) is 10.2. The Labute approximate surface area is 133 Å². The highest BCUT2D eigenvalue weighted by Crippen LogP contribution is 2.22. The third kappa shape index (κ3) is 3.56. The van der Waals surface area contributed by atoms with Crippen LogP contribution >= 0.6 is 15.9 Å². The van der Waals surface area contributed by atoms with Crippen molar-refractivity contribution in [2.45, 2.75) is 19.4 Å². The van der Waals surface area contributed by atoms with Gasteiger partial charge in [-0.3, -0.25) is 0 Å². The molecule has 0 aliphatic carbocycles. The van der Waals surface area contributed by atoms with E-state index in [0.29, 0.717) is 4.47 Å². The average molecular weight is 349 g/mol. The molecule has 1 aliphatic heterocycles. The summed E-state index contributed by atoms with van der Waals surface area (Å²) < 4.78 is 13.7. The number of hydrogen-bond donors (Lipinski definition) is 1. The molecule has 110 valence electrons. The van der Waals surface area contributed by atoms with Crippen LogP contribution < -0.4 is 10.2 Å². The lowest BCUT2D eigenvalue weighted by molar-refractivity contribution is 0.621. The van der Waals surface area contributed by atoms with Gasteiger partial charge in [-0.1, -0.05) is 12.1 Å². The summed E-state index contributed by atoms with van der Waals surface area (Å²) in [7, 11) is 0. The van der Waals surface area contributed by atoms with Crippen LogP contribution in [0.5, 0.6) is 0 Å². The second-order valence-corrected chi connectivity index (χ2v) is 6.20. The molecule has 0 atom stereocenters. The van der Waals surface area contributed by atoms with Crippen molar-refractivity contribution < 1.29 is 4.39 Å². The summed E-state index contributed by atoms with van der Waals surface area (Å²) in [5, 5.41) is 3.31. The molecule has 0 spiro atoms. The molecule has 21 heavy (non-hydrogen) atoms. The number of halogens is 2. The zero-order valence-electron chi connectivity index (χ0n) is 11.8. The van der Waals surface area contributed by atoms with Gasteiger partial charge in [0.1, 0.15) is 5.82 Å². The fraction of sp³-hybridized carbons (Fsp3) is 0.294. The smallest absolute Gasteiger partial charge is 0.137 e. The number of anilines is 2. The lowest BCUT2D eigenvalue weighted by Crippen LogP contribution is -2.17. The van der Waals surface area contributed by atoms with E-state index in [4.69, 9.17) is 0 Å². The Morgan fingerprint density at radius 2 is 1.76 bits per heavy atom. The molecule has 1 saturated heterocycles. The normalized spacial score (nSPS) is 14.5. The van der Waals surface area contributed by atoms with Crippen LogP contribution in [0.15, 0.2) is 46.9 Å². The van der Waals surface area contributed by atoms with Crippen LogP contribution in [0.1, 0.15) is 18.4 Å². The van der Waals surface area contributed by atoms with Crippen molar-refractivity contribution in [2.75, 3.05) is 23.3 Å². The van der Waals surface area contributed by atoms with E-state index in [0.717, 1.165) is 12.2 Å². The van der Waals surface area contributed by atoms with Crippen molar-refractivity contribution in [3.05, 3.63) is 58.3 Å². The van der Waals surface area contributed by atoms with Gasteiger partial charge in [-0.2, -0.15) is 0 Å². The first-order valence-electron chi connectivity index (χ1n) is 7.25. The summed E-state index contributed by atoms with van der Waals surface area (Å²) >= 11 is 3.20. The molecular weight excluding hydrogens is 331 g/mol.